The molecular formula is C15H15N5OS. The summed E-state index contributed by atoms with van der Waals surface area (Å²) in [5.74, 6) is 0.236. The van der Waals surface area contributed by atoms with Gasteiger partial charge in [-0.25, -0.2) is 15.0 Å². The Morgan fingerprint density at radius 2 is 2.09 bits per heavy atom. The summed E-state index contributed by atoms with van der Waals surface area (Å²) < 4.78 is 1.99. The van der Waals surface area contributed by atoms with Crippen LogP contribution in [-0.4, -0.2) is 31.0 Å². The van der Waals surface area contributed by atoms with E-state index in [0.717, 1.165) is 16.9 Å². The monoisotopic (exact) mass is 313 g/mol. The first kappa shape index (κ1) is 14.5. The zero-order chi connectivity index (χ0) is 15.4. The standard InChI is InChI=1S/C15H15N5OS/c1-11-4-2-7-20-12(9-19-14(11)20)8-18-13(21)10-22-15-16-5-3-6-17-15/h2-7,9H,8,10H2,1H3,(H,18,21). The smallest absolute Gasteiger partial charge is 0.230 e. The van der Waals surface area contributed by atoms with Crippen LogP contribution in [0, 0.1) is 6.92 Å². The third kappa shape index (κ3) is 3.25. The van der Waals surface area contributed by atoms with Gasteiger partial charge >= 0.3 is 0 Å². The van der Waals surface area contributed by atoms with Crippen LogP contribution in [0.3, 0.4) is 0 Å². The Morgan fingerprint density at radius 1 is 1.27 bits per heavy atom. The lowest BCUT2D eigenvalue weighted by Gasteiger charge is -2.05. The number of aromatic nitrogens is 4. The van der Waals surface area contributed by atoms with E-state index in [9.17, 15) is 4.79 Å². The predicted molar refractivity (Wildman–Crippen MR) is 84.5 cm³/mol. The summed E-state index contributed by atoms with van der Waals surface area (Å²) in [6.45, 7) is 2.46. The van der Waals surface area contributed by atoms with E-state index in [4.69, 9.17) is 0 Å². The Balaban J connectivity index is 1.57. The van der Waals surface area contributed by atoms with Crippen molar-refractivity contribution < 1.29 is 4.79 Å². The SMILES string of the molecule is Cc1cccn2c(CNC(=O)CSc3ncccn3)cnc12. The number of pyridine rings is 1. The fraction of sp³-hybridized carbons (Fsp3) is 0.200. The molecule has 0 radical (unpaired) electrons. The second-order valence-electron chi connectivity index (χ2n) is 4.73. The topological polar surface area (TPSA) is 72.2 Å². The number of fused-ring (bicyclic) bond motifs is 1. The fourth-order valence-corrected chi connectivity index (χ4v) is 2.70. The molecule has 3 heterocycles. The van der Waals surface area contributed by atoms with E-state index >= 15 is 0 Å². The molecule has 0 aliphatic heterocycles. The van der Waals surface area contributed by atoms with Crippen molar-refractivity contribution in [2.45, 2.75) is 18.6 Å². The highest BCUT2D eigenvalue weighted by molar-refractivity contribution is 7.99. The molecule has 0 spiro atoms. The second kappa shape index (κ2) is 6.57. The van der Waals surface area contributed by atoms with Crippen molar-refractivity contribution in [1.29, 1.82) is 0 Å². The van der Waals surface area contributed by atoms with Gasteiger partial charge in [-0.15, -0.1) is 0 Å². The van der Waals surface area contributed by atoms with Crippen LogP contribution >= 0.6 is 11.8 Å². The number of carbonyl (C=O) groups is 1. The molecule has 0 atom stereocenters. The number of aryl methyl sites for hydroxylation is 1. The molecule has 3 rings (SSSR count). The predicted octanol–water partition coefficient (Wildman–Crippen LogP) is 1.84. The summed E-state index contributed by atoms with van der Waals surface area (Å²) in [7, 11) is 0. The molecule has 0 bridgehead atoms. The molecule has 1 N–H and O–H groups in total. The van der Waals surface area contributed by atoms with Crippen LogP contribution < -0.4 is 5.32 Å². The van der Waals surface area contributed by atoms with Crippen molar-refractivity contribution in [3.8, 4) is 0 Å². The molecule has 0 fully saturated rings. The van der Waals surface area contributed by atoms with Crippen molar-refractivity contribution in [2.24, 2.45) is 0 Å². The number of amides is 1. The van der Waals surface area contributed by atoms with Gasteiger partial charge in [-0.2, -0.15) is 0 Å². The normalized spacial score (nSPS) is 10.8. The lowest BCUT2D eigenvalue weighted by molar-refractivity contribution is -0.118. The maximum absolute atomic E-state index is 11.9. The number of hydrogen-bond donors (Lipinski definition) is 1. The number of thioether (sulfide) groups is 1. The molecule has 0 aromatic carbocycles. The molecular weight excluding hydrogens is 298 g/mol. The van der Waals surface area contributed by atoms with Crippen LogP contribution in [0.5, 0.6) is 0 Å². The summed E-state index contributed by atoms with van der Waals surface area (Å²) in [5.41, 5.74) is 2.98. The van der Waals surface area contributed by atoms with Gasteiger partial charge in [0.05, 0.1) is 24.2 Å². The van der Waals surface area contributed by atoms with Gasteiger partial charge in [0.25, 0.3) is 0 Å². The van der Waals surface area contributed by atoms with Crippen LogP contribution in [0.1, 0.15) is 11.3 Å². The molecule has 1 amide bonds. The number of imidazole rings is 1. The first-order valence-corrected chi connectivity index (χ1v) is 7.80. The van der Waals surface area contributed by atoms with Gasteiger partial charge in [0.2, 0.25) is 5.91 Å². The zero-order valence-corrected chi connectivity index (χ0v) is 12.9. The molecule has 112 valence electrons. The van der Waals surface area contributed by atoms with E-state index in [1.807, 2.05) is 29.7 Å². The molecule has 0 unspecified atom stereocenters. The fourth-order valence-electron chi connectivity index (χ4n) is 2.06. The summed E-state index contributed by atoms with van der Waals surface area (Å²) in [6.07, 6.45) is 7.06. The van der Waals surface area contributed by atoms with Gasteiger partial charge < -0.3 is 9.72 Å². The summed E-state index contributed by atoms with van der Waals surface area (Å²) in [6, 6.07) is 5.73. The molecule has 0 aliphatic rings. The average molecular weight is 313 g/mol. The van der Waals surface area contributed by atoms with Gasteiger partial charge in [-0.1, -0.05) is 17.8 Å². The van der Waals surface area contributed by atoms with Crippen LogP contribution in [0.15, 0.2) is 48.1 Å². The van der Waals surface area contributed by atoms with Crippen molar-refractivity contribution in [3.63, 3.8) is 0 Å². The third-order valence-corrected chi connectivity index (χ3v) is 4.02. The quantitative estimate of drug-likeness (QED) is 0.575. The van der Waals surface area contributed by atoms with Crippen molar-refractivity contribution >= 4 is 23.3 Å². The highest BCUT2D eigenvalue weighted by atomic mass is 32.2. The Labute approximate surface area is 132 Å². The lowest BCUT2D eigenvalue weighted by Crippen LogP contribution is -2.25. The lowest BCUT2D eigenvalue weighted by atomic mass is 10.3. The van der Waals surface area contributed by atoms with E-state index < -0.39 is 0 Å². The first-order valence-electron chi connectivity index (χ1n) is 6.82. The number of nitrogens with one attached hydrogen (secondary N) is 1. The van der Waals surface area contributed by atoms with E-state index in [1.54, 1.807) is 24.7 Å². The van der Waals surface area contributed by atoms with Crippen molar-refractivity contribution in [3.05, 3.63) is 54.2 Å². The van der Waals surface area contributed by atoms with Crippen LogP contribution in [-0.2, 0) is 11.3 Å². The van der Waals surface area contributed by atoms with E-state index in [1.165, 1.54) is 11.8 Å². The number of carbonyl (C=O) groups excluding carboxylic acids is 1. The molecule has 3 aromatic rings. The van der Waals surface area contributed by atoms with Crippen LogP contribution in [0.4, 0.5) is 0 Å². The van der Waals surface area contributed by atoms with Crippen LogP contribution in [0.25, 0.3) is 5.65 Å². The second-order valence-corrected chi connectivity index (χ2v) is 5.67. The van der Waals surface area contributed by atoms with Crippen molar-refractivity contribution in [1.82, 2.24) is 24.7 Å². The summed E-state index contributed by atoms with van der Waals surface area (Å²) in [4.78, 5) is 24.4. The molecule has 22 heavy (non-hydrogen) atoms. The highest BCUT2D eigenvalue weighted by Gasteiger charge is 2.08. The minimum absolute atomic E-state index is 0.0555. The largest absolute Gasteiger partial charge is 0.350 e. The molecule has 3 aromatic heterocycles. The number of hydrogen-bond acceptors (Lipinski definition) is 5. The van der Waals surface area contributed by atoms with Crippen LogP contribution in [0.2, 0.25) is 0 Å². The minimum atomic E-state index is -0.0555. The Morgan fingerprint density at radius 3 is 2.91 bits per heavy atom. The van der Waals surface area contributed by atoms with E-state index in [-0.39, 0.29) is 5.91 Å². The van der Waals surface area contributed by atoms with Gasteiger partial charge in [-0.3, -0.25) is 4.79 Å². The molecule has 0 saturated carbocycles. The highest BCUT2D eigenvalue weighted by Crippen LogP contribution is 2.12. The van der Waals surface area contributed by atoms with E-state index in [0.29, 0.717) is 17.5 Å². The summed E-state index contributed by atoms with van der Waals surface area (Å²) >= 11 is 1.32. The maximum Gasteiger partial charge on any atom is 0.230 e. The minimum Gasteiger partial charge on any atom is -0.350 e. The molecule has 6 nitrogen and oxygen atoms in total. The van der Waals surface area contributed by atoms with Gasteiger partial charge in [-0.05, 0) is 24.6 Å². The number of rotatable bonds is 5. The Bertz CT molecular complexity index is 787. The zero-order valence-electron chi connectivity index (χ0n) is 12.1. The van der Waals surface area contributed by atoms with Gasteiger partial charge in [0.15, 0.2) is 5.16 Å². The van der Waals surface area contributed by atoms with E-state index in [2.05, 4.69) is 20.3 Å². The molecule has 0 saturated heterocycles. The third-order valence-electron chi connectivity index (χ3n) is 3.15. The Kier molecular flexibility index (Phi) is 4.34. The summed E-state index contributed by atoms with van der Waals surface area (Å²) in [5, 5.41) is 3.49. The molecule has 0 aliphatic carbocycles. The van der Waals surface area contributed by atoms with Gasteiger partial charge in [0, 0.05) is 18.6 Å². The first-order chi connectivity index (χ1) is 10.7. The average Bonchev–Trinajstić information content (AvgIpc) is 2.96. The Hall–Kier alpha value is -2.41. The maximum atomic E-state index is 11.9. The van der Waals surface area contributed by atoms with Crippen molar-refractivity contribution in [2.75, 3.05) is 5.75 Å². The molecule has 7 heteroatoms. The van der Waals surface area contributed by atoms with Gasteiger partial charge in [0.1, 0.15) is 5.65 Å². The number of nitrogens with zero attached hydrogens (tertiary/aromatic N) is 4.